The molecule has 3 heteroatoms. The normalized spacial score (nSPS) is 8.27. The van der Waals surface area contributed by atoms with E-state index in [0.29, 0.717) is 0 Å². The van der Waals surface area contributed by atoms with Crippen LogP contribution in [0, 0.1) is 0 Å². The van der Waals surface area contributed by atoms with Gasteiger partial charge >= 0.3 is 0 Å². The van der Waals surface area contributed by atoms with Crippen molar-refractivity contribution in [2.24, 2.45) is 5.73 Å². The Bertz CT molecular complexity index is 292. The standard InChI is InChI=1S/C11H13N.CH3NO/c1-3-6-10-8-5-9-12-11(10)7-4-2;2-1-3/h3-5,8-9H,1-2,6-7H2;1H,(H2,2,3). The second kappa shape index (κ2) is 8.69. The Balaban J connectivity index is 0.000000583. The van der Waals surface area contributed by atoms with Crippen LogP contribution in [0.15, 0.2) is 43.6 Å². The zero-order valence-electron chi connectivity index (χ0n) is 8.73. The van der Waals surface area contributed by atoms with Gasteiger partial charge in [-0.1, -0.05) is 18.2 Å². The number of nitrogens with two attached hydrogens (primary N) is 1. The first-order chi connectivity index (χ1) is 7.29. The van der Waals surface area contributed by atoms with Gasteiger partial charge in [-0.25, -0.2) is 0 Å². The first-order valence-corrected chi connectivity index (χ1v) is 4.60. The summed E-state index contributed by atoms with van der Waals surface area (Å²) in [4.78, 5) is 12.9. The summed E-state index contributed by atoms with van der Waals surface area (Å²) in [5, 5.41) is 0. The highest BCUT2D eigenvalue weighted by atomic mass is 16.1. The largest absolute Gasteiger partial charge is 0.372 e. The van der Waals surface area contributed by atoms with Crippen molar-refractivity contribution in [3.05, 3.63) is 54.9 Å². The molecule has 1 rings (SSSR count). The average molecular weight is 204 g/mol. The maximum atomic E-state index is 8.58. The molecule has 0 aliphatic heterocycles. The van der Waals surface area contributed by atoms with Crippen LogP contribution in [0.25, 0.3) is 0 Å². The highest BCUT2D eigenvalue weighted by Crippen LogP contribution is 2.07. The lowest BCUT2D eigenvalue weighted by Gasteiger charge is -2.02. The Kier molecular flexibility index (Phi) is 7.59. The van der Waals surface area contributed by atoms with Crippen molar-refractivity contribution in [3.8, 4) is 0 Å². The summed E-state index contributed by atoms with van der Waals surface area (Å²) in [5.74, 6) is 0. The van der Waals surface area contributed by atoms with Crippen LogP contribution < -0.4 is 5.73 Å². The van der Waals surface area contributed by atoms with Gasteiger partial charge < -0.3 is 5.73 Å². The number of pyridine rings is 1. The molecule has 3 nitrogen and oxygen atoms in total. The molecule has 1 heterocycles. The molecule has 0 aromatic carbocycles. The summed E-state index contributed by atoms with van der Waals surface area (Å²) in [5.41, 5.74) is 6.51. The van der Waals surface area contributed by atoms with E-state index in [9.17, 15) is 0 Å². The molecule has 1 aromatic heterocycles. The summed E-state index contributed by atoms with van der Waals surface area (Å²) >= 11 is 0. The van der Waals surface area contributed by atoms with Crippen molar-refractivity contribution >= 4 is 6.41 Å². The molecule has 0 radical (unpaired) electrons. The van der Waals surface area contributed by atoms with Crippen LogP contribution in [0.3, 0.4) is 0 Å². The molecule has 0 bridgehead atoms. The van der Waals surface area contributed by atoms with Gasteiger partial charge in [-0.3, -0.25) is 9.78 Å². The van der Waals surface area contributed by atoms with E-state index in [1.807, 2.05) is 24.4 Å². The number of nitrogens with zero attached hydrogens (tertiary/aromatic N) is 1. The van der Waals surface area contributed by atoms with Crippen molar-refractivity contribution in [2.45, 2.75) is 12.8 Å². The quantitative estimate of drug-likeness (QED) is 0.598. The smallest absolute Gasteiger partial charge is 0.204 e. The summed E-state index contributed by atoms with van der Waals surface area (Å²) < 4.78 is 0. The molecule has 1 aromatic rings. The molecule has 80 valence electrons. The summed E-state index contributed by atoms with van der Waals surface area (Å²) in [6.45, 7) is 7.39. The second-order valence-corrected chi connectivity index (χ2v) is 2.73. The number of carbonyl (C=O) groups is 1. The lowest BCUT2D eigenvalue weighted by Crippen LogP contribution is -1.94. The predicted molar refractivity (Wildman–Crippen MR) is 62.3 cm³/mol. The highest BCUT2D eigenvalue weighted by molar-refractivity contribution is 5.42. The van der Waals surface area contributed by atoms with Crippen LogP contribution in [-0.4, -0.2) is 11.4 Å². The summed E-state index contributed by atoms with van der Waals surface area (Å²) in [6, 6.07) is 4.03. The van der Waals surface area contributed by atoms with Crippen LogP contribution in [0.4, 0.5) is 0 Å². The zero-order valence-corrected chi connectivity index (χ0v) is 8.73. The van der Waals surface area contributed by atoms with Gasteiger partial charge in [0, 0.05) is 18.3 Å². The summed E-state index contributed by atoms with van der Waals surface area (Å²) in [6.07, 6.45) is 7.55. The van der Waals surface area contributed by atoms with Gasteiger partial charge in [0.1, 0.15) is 0 Å². The van der Waals surface area contributed by atoms with Gasteiger partial charge in [0.25, 0.3) is 0 Å². The van der Waals surface area contributed by atoms with Crippen molar-refractivity contribution in [3.63, 3.8) is 0 Å². The first kappa shape index (κ1) is 13.1. The fraction of sp³-hybridized carbons (Fsp3) is 0.167. The molecule has 0 unspecified atom stereocenters. The number of carbonyl (C=O) groups excluding carboxylic acids is 1. The maximum Gasteiger partial charge on any atom is 0.204 e. The fourth-order valence-electron chi connectivity index (χ4n) is 1.13. The van der Waals surface area contributed by atoms with Gasteiger partial charge in [0.05, 0.1) is 0 Å². The molecule has 0 aliphatic rings. The van der Waals surface area contributed by atoms with E-state index in [4.69, 9.17) is 4.79 Å². The molecule has 2 N–H and O–H groups in total. The van der Waals surface area contributed by atoms with Crippen molar-refractivity contribution < 1.29 is 4.79 Å². The molecule has 0 spiro atoms. The Labute approximate surface area is 90.3 Å². The minimum atomic E-state index is 0.250. The first-order valence-electron chi connectivity index (χ1n) is 4.60. The monoisotopic (exact) mass is 204 g/mol. The van der Waals surface area contributed by atoms with Crippen molar-refractivity contribution in [2.75, 3.05) is 0 Å². The van der Waals surface area contributed by atoms with E-state index in [1.165, 1.54) is 5.56 Å². The van der Waals surface area contributed by atoms with Gasteiger partial charge in [-0.15, -0.1) is 13.2 Å². The molecular formula is C12H16N2O. The van der Waals surface area contributed by atoms with Crippen LogP contribution in [0.1, 0.15) is 11.3 Å². The van der Waals surface area contributed by atoms with Crippen molar-refractivity contribution in [1.82, 2.24) is 4.98 Å². The number of amides is 1. The van der Waals surface area contributed by atoms with Crippen LogP contribution in [0.5, 0.6) is 0 Å². The second-order valence-electron chi connectivity index (χ2n) is 2.73. The Morgan fingerprint density at radius 1 is 1.33 bits per heavy atom. The fourth-order valence-corrected chi connectivity index (χ4v) is 1.13. The molecule has 0 saturated heterocycles. The molecule has 0 saturated carbocycles. The number of hydrogen-bond acceptors (Lipinski definition) is 2. The van der Waals surface area contributed by atoms with Crippen LogP contribution in [0.2, 0.25) is 0 Å². The number of allylic oxidation sites excluding steroid dienone is 2. The highest BCUT2D eigenvalue weighted by Gasteiger charge is 1.97. The number of rotatable bonds is 4. The van der Waals surface area contributed by atoms with Crippen molar-refractivity contribution in [1.29, 1.82) is 0 Å². The molecule has 0 fully saturated rings. The number of primary amides is 1. The Morgan fingerprint density at radius 3 is 2.47 bits per heavy atom. The van der Waals surface area contributed by atoms with E-state index in [1.54, 1.807) is 0 Å². The third-order valence-corrected chi connectivity index (χ3v) is 1.69. The minimum absolute atomic E-state index is 0.250. The molecule has 0 aliphatic carbocycles. The van der Waals surface area contributed by atoms with E-state index in [2.05, 4.69) is 29.9 Å². The third kappa shape index (κ3) is 5.41. The minimum Gasteiger partial charge on any atom is -0.372 e. The lowest BCUT2D eigenvalue weighted by molar-refractivity contribution is -0.106. The Hall–Kier alpha value is -1.90. The average Bonchev–Trinajstić information content (AvgIpc) is 2.23. The summed E-state index contributed by atoms with van der Waals surface area (Å²) in [7, 11) is 0. The predicted octanol–water partition coefficient (Wildman–Crippen LogP) is 1.64. The van der Waals surface area contributed by atoms with E-state index in [0.717, 1.165) is 18.5 Å². The maximum absolute atomic E-state index is 8.58. The zero-order chi connectivity index (χ0) is 11.5. The van der Waals surface area contributed by atoms with Gasteiger partial charge in [0.2, 0.25) is 6.41 Å². The topological polar surface area (TPSA) is 56.0 Å². The molecular weight excluding hydrogens is 188 g/mol. The van der Waals surface area contributed by atoms with E-state index in [-0.39, 0.29) is 6.41 Å². The van der Waals surface area contributed by atoms with E-state index >= 15 is 0 Å². The number of aromatic nitrogens is 1. The van der Waals surface area contributed by atoms with Crippen LogP contribution >= 0.6 is 0 Å². The van der Waals surface area contributed by atoms with Gasteiger partial charge in [-0.05, 0) is 18.1 Å². The lowest BCUT2D eigenvalue weighted by atomic mass is 10.1. The number of hydrogen-bond donors (Lipinski definition) is 1. The SMILES string of the molecule is C=CCc1cccnc1CC=C.NC=O. The van der Waals surface area contributed by atoms with Gasteiger partial charge in [0.15, 0.2) is 0 Å². The molecule has 0 atom stereocenters. The Morgan fingerprint density at radius 2 is 1.93 bits per heavy atom. The van der Waals surface area contributed by atoms with Gasteiger partial charge in [-0.2, -0.15) is 0 Å². The molecule has 1 amide bonds. The third-order valence-electron chi connectivity index (χ3n) is 1.69. The van der Waals surface area contributed by atoms with E-state index < -0.39 is 0 Å². The van der Waals surface area contributed by atoms with Crippen LogP contribution in [-0.2, 0) is 17.6 Å². The molecule has 15 heavy (non-hydrogen) atoms.